The molecule has 79 heavy (non-hydrogen) atoms. The molecule has 0 saturated heterocycles. The highest BCUT2D eigenvalue weighted by atomic mass is 15.3. The van der Waals surface area contributed by atoms with E-state index in [1.807, 2.05) is 6.20 Å². The highest BCUT2D eigenvalue weighted by Gasteiger charge is 2.60. The Balaban J connectivity index is 1.20. The number of imidazole rings is 1. The molecule has 0 radical (unpaired) electrons. The zero-order valence-electron chi connectivity index (χ0n) is 49.0. The zero-order chi connectivity index (χ0) is 55.3. The summed E-state index contributed by atoms with van der Waals surface area (Å²) >= 11 is 0. The van der Waals surface area contributed by atoms with Crippen molar-refractivity contribution < 1.29 is 0 Å². The van der Waals surface area contributed by atoms with Gasteiger partial charge in [-0.15, -0.1) is 0 Å². The second kappa shape index (κ2) is 17.5. The van der Waals surface area contributed by atoms with Crippen LogP contribution >= 0.6 is 0 Å². The van der Waals surface area contributed by atoms with Crippen LogP contribution in [0.15, 0.2) is 176 Å². The van der Waals surface area contributed by atoms with E-state index in [4.69, 9.17) is 0 Å². The monoisotopic (exact) mass is 1030 g/mol. The number of aromatic nitrogens is 2. The van der Waals surface area contributed by atoms with Crippen LogP contribution in [0, 0.1) is 0 Å². The standard InChI is InChI=1S/C73H76BN5/c1-68(2,3)49-24-20-25-53(38-49)77-63-40-51(70(7,8)9)28-31-58(63)74-59-32-29-52(71(10,11)12)41-64(59)78(61-34-30-50(69(4,5)6)39-55(61)46-21-16-15-17-22-46)66-43-54(42-65(77)67(66)74)79-62-33-27-48(60-44-75-45-76-60)37-57(62)72(13)36-35-47-23-18-19-26-56(47)73(72,79)14/h15-34,37-45H,35-36H2,1-14H3,(H,75,76). The summed E-state index contributed by atoms with van der Waals surface area (Å²) in [5.74, 6) is 0. The van der Waals surface area contributed by atoms with Crippen molar-refractivity contribution in [3.63, 3.8) is 0 Å². The first-order valence-corrected chi connectivity index (χ1v) is 28.8. The fourth-order valence-electron chi connectivity index (χ4n) is 14.0. The van der Waals surface area contributed by atoms with Crippen LogP contribution in [0.1, 0.15) is 142 Å². The van der Waals surface area contributed by atoms with Gasteiger partial charge in [-0.05, 0) is 169 Å². The van der Waals surface area contributed by atoms with Crippen LogP contribution in [0.4, 0.5) is 45.5 Å². The lowest BCUT2D eigenvalue weighted by Crippen LogP contribution is -2.61. The van der Waals surface area contributed by atoms with Crippen molar-refractivity contribution in [2.45, 2.75) is 142 Å². The molecule has 2 atom stereocenters. The molecule has 1 aliphatic carbocycles. The topological polar surface area (TPSA) is 38.4 Å². The lowest BCUT2D eigenvalue weighted by molar-refractivity contribution is 0.245. The van der Waals surface area contributed by atoms with Gasteiger partial charge in [-0.2, -0.15) is 0 Å². The molecule has 1 aromatic heterocycles. The van der Waals surface area contributed by atoms with Gasteiger partial charge in [-0.25, -0.2) is 4.98 Å². The summed E-state index contributed by atoms with van der Waals surface area (Å²) in [7, 11) is 0. The van der Waals surface area contributed by atoms with E-state index in [1.54, 1.807) is 6.33 Å². The molecule has 3 aliphatic heterocycles. The number of anilines is 8. The van der Waals surface area contributed by atoms with Crippen LogP contribution < -0.4 is 31.1 Å². The van der Waals surface area contributed by atoms with Crippen LogP contribution in [0.25, 0.3) is 22.4 Å². The molecule has 4 aliphatic rings. The molecule has 1 N–H and O–H groups in total. The highest BCUT2D eigenvalue weighted by molar-refractivity contribution is 7.00. The highest BCUT2D eigenvalue weighted by Crippen LogP contribution is 2.65. The summed E-state index contributed by atoms with van der Waals surface area (Å²) in [5, 5.41) is 0. The number of benzene rings is 8. The van der Waals surface area contributed by atoms with Crippen molar-refractivity contribution in [1.82, 2.24) is 9.97 Å². The molecule has 8 aromatic carbocycles. The van der Waals surface area contributed by atoms with E-state index in [0.29, 0.717) is 0 Å². The minimum atomic E-state index is -0.472. The number of aryl methyl sites for hydroxylation is 1. The smallest absolute Gasteiger partial charge is 0.252 e. The number of aromatic amines is 1. The maximum atomic E-state index is 4.49. The predicted octanol–water partition coefficient (Wildman–Crippen LogP) is 17.3. The summed E-state index contributed by atoms with van der Waals surface area (Å²) in [6.45, 7) is 33.2. The van der Waals surface area contributed by atoms with Gasteiger partial charge >= 0.3 is 0 Å². The van der Waals surface area contributed by atoms with Crippen LogP contribution in [0.5, 0.6) is 0 Å². The molecule has 13 rings (SSSR count). The third kappa shape index (κ3) is 7.82. The van der Waals surface area contributed by atoms with Gasteiger partial charge in [0.15, 0.2) is 0 Å². The van der Waals surface area contributed by atoms with Gasteiger partial charge in [0.1, 0.15) is 0 Å². The molecule has 0 saturated carbocycles. The van der Waals surface area contributed by atoms with Crippen LogP contribution in [0.3, 0.4) is 0 Å². The molecule has 0 bridgehead atoms. The van der Waals surface area contributed by atoms with Crippen molar-refractivity contribution in [1.29, 1.82) is 0 Å². The molecule has 9 aromatic rings. The largest absolute Gasteiger partial charge is 0.345 e. The number of fused-ring (bicyclic) bond motifs is 9. The summed E-state index contributed by atoms with van der Waals surface area (Å²) in [4.78, 5) is 16.0. The van der Waals surface area contributed by atoms with Gasteiger partial charge in [-0.1, -0.05) is 193 Å². The van der Waals surface area contributed by atoms with E-state index in [9.17, 15) is 0 Å². The molecule has 0 fully saturated rings. The van der Waals surface area contributed by atoms with Crippen molar-refractivity contribution >= 4 is 68.6 Å². The summed E-state index contributed by atoms with van der Waals surface area (Å²) in [6, 6.07) is 64.4. The zero-order valence-corrected chi connectivity index (χ0v) is 49.0. The normalized spacial score (nSPS) is 18.4. The van der Waals surface area contributed by atoms with E-state index < -0.39 is 5.54 Å². The van der Waals surface area contributed by atoms with E-state index in [2.05, 4.69) is 285 Å². The Labute approximate surface area is 470 Å². The Hall–Kier alpha value is -7.57. The van der Waals surface area contributed by atoms with Crippen molar-refractivity contribution in [2.24, 2.45) is 0 Å². The minimum Gasteiger partial charge on any atom is -0.345 e. The third-order valence-corrected chi connectivity index (χ3v) is 18.8. The number of nitrogens with zero attached hydrogens (tertiary/aromatic N) is 4. The Morgan fingerprint density at radius 1 is 0.468 bits per heavy atom. The maximum Gasteiger partial charge on any atom is 0.252 e. The number of rotatable bonds is 5. The Kier molecular flexibility index (Phi) is 11.3. The number of nitrogens with one attached hydrogen (secondary N) is 1. The molecular weight excluding hydrogens is 958 g/mol. The number of H-pyrrole nitrogens is 1. The van der Waals surface area contributed by atoms with Crippen molar-refractivity contribution in [2.75, 3.05) is 14.7 Å². The Bertz CT molecular complexity index is 3900. The van der Waals surface area contributed by atoms with Crippen molar-refractivity contribution in [3.8, 4) is 22.4 Å². The van der Waals surface area contributed by atoms with Gasteiger partial charge in [-0.3, -0.25) is 0 Å². The SMILES string of the molecule is CC(C)(C)c1cccc(N2c3cc(C(C)(C)C)ccc3B3c4ccc(C(C)(C)C)cc4N(c4ccc(C(C)(C)C)cc4-c4ccccc4)c4cc(N5c6ccc(-c7cnc[nH]7)cc6C6(C)CCc7ccccc7C56C)cc2c43)c1. The Morgan fingerprint density at radius 2 is 1.05 bits per heavy atom. The fourth-order valence-corrected chi connectivity index (χ4v) is 14.0. The lowest BCUT2D eigenvalue weighted by atomic mass is 9.33. The second-order valence-corrected chi connectivity index (χ2v) is 27.8. The summed E-state index contributed by atoms with van der Waals surface area (Å²) in [6.07, 6.45) is 5.78. The summed E-state index contributed by atoms with van der Waals surface area (Å²) < 4.78 is 0. The molecule has 396 valence electrons. The van der Waals surface area contributed by atoms with Crippen LogP contribution in [0.2, 0.25) is 0 Å². The molecule has 6 heteroatoms. The first-order chi connectivity index (χ1) is 37.4. The molecule has 0 spiro atoms. The second-order valence-electron chi connectivity index (χ2n) is 27.8. The predicted molar refractivity (Wildman–Crippen MR) is 336 cm³/mol. The van der Waals surface area contributed by atoms with E-state index in [0.717, 1.165) is 24.1 Å². The average molecular weight is 1030 g/mol. The molecule has 5 nitrogen and oxygen atoms in total. The van der Waals surface area contributed by atoms with Crippen molar-refractivity contribution in [3.05, 3.63) is 215 Å². The van der Waals surface area contributed by atoms with Crippen LogP contribution in [-0.4, -0.2) is 16.7 Å². The van der Waals surface area contributed by atoms with Gasteiger partial charge < -0.3 is 19.7 Å². The van der Waals surface area contributed by atoms with Gasteiger partial charge in [0.05, 0.1) is 29.4 Å². The third-order valence-electron chi connectivity index (χ3n) is 18.8. The fraction of sp³-hybridized carbons (Fsp3) is 0.301. The quantitative estimate of drug-likeness (QED) is 0.174. The lowest BCUT2D eigenvalue weighted by Gasteiger charge is -2.52. The van der Waals surface area contributed by atoms with Gasteiger partial charge in [0, 0.05) is 50.8 Å². The number of hydrogen-bond acceptors (Lipinski definition) is 4. The molecule has 0 amide bonds. The average Bonchev–Trinajstić information content (AvgIpc) is 3.09. The molecular formula is C73H76BN5. The summed E-state index contributed by atoms with van der Waals surface area (Å²) in [5.41, 5.74) is 26.6. The van der Waals surface area contributed by atoms with E-state index >= 15 is 0 Å². The first-order valence-electron chi connectivity index (χ1n) is 28.8. The van der Waals surface area contributed by atoms with Gasteiger partial charge in [0.25, 0.3) is 6.71 Å². The first kappa shape index (κ1) is 50.9. The van der Waals surface area contributed by atoms with Crippen LogP contribution in [-0.2, 0) is 39.0 Å². The van der Waals surface area contributed by atoms with E-state index in [1.165, 1.54) is 112 Å². The number of hydrogen-bond donors (Lipinski definition) is 1. The minimum absolute atomic E-state index is 0.0569. The molecule has 4 heterocycles. The van der Waals surface area contributed by atoms with Gasteiger partial charge in [0.2, 0.25) is 0 Å². The Morgan fingerprint density at radius 3 is 1.70 bits per heavy atom. The maximum absolute atomic E-state index is 4.49. The molecule has 2 unspecified atom stereocenters. The van der Waals surface area contributed by atoms with E-state index in [-0.39, 0.29) is 33.8 Å².